The van der Waals surface area contributed by atoms with Gasteiger partial charge in [-0.3, -0.25) is 4.79 Å². The highest BCUT2D eigenvalue weighted by Gasteiger charge is 1.99. The highest BCUT2D eigenvalue weighted by molar-refractivity contribution is 5.66. The molecule has 0 saturated carbocycles. The topological polar surface area (TPSA) is 37.3 Å². The van der Waals surface area contributed by atoms with Gasteiger partial charge in [-0.05, 0) is 31.6 Å². The van der Waals surface area contributed by atoms with E-state index >= 15 is 0 Å². The van der Waals surface area contributed by atoms with Crippen molar-refractivity contribution < 1.29 is 9.90 Å². The fourth-order valence-corrected chi connectivity index (χ4v) is 2.55. The van der Waals surface area contributed by atoms with Gasteiger partial charge < -0.3 is 5.11 Å². The van der Waals surface area contributed by atoms with Gasteiger partial charge in [0.25, 0.3) is 0 Å². The van der Waals surface area contributed by atoms with Crippen LogP contribution in [0.2, 0.25) is 0 Å². The Hall–Kier alpha value is -0.790. The standard InChI is InChI=1S/C19H36O2/c1-3-4-5-6-9-12-15-18(2)16-13-10-7-8-11-14-17-19(20)21/h10,13,18H,3-9,11-12,14-17H2,1-2H3,(H,20,21)/b13-10+. The van der Waals surface area contributed by atoms with Gasteiger partial charge in [0.15, 0.2) is 0 Å². The second-order valence-corrected chi connectivity index (χ2v) is 6.36. The van der Waals surface area contributed by atoms with Gasteiger partial charge in [-0.25, -0.2) is 0 Å². The van der Waals surface area contributed by atoms with E-state index in [1.807, 2.05) is 0 Å². The summed E-state index contributed by atoms with van der Waals surface area (Å²) in [4.78, 5) is 10.4. The highest BCUT2D eigenvalue weighted by Crippen LogP contribution is 2.15. The maximum Gasteiger partial charge on any atom is 0.303 e. The number of carbonyl (C=O) groups is 1. The van der Waals surface area contributed by atoms with Crippen molar-refractivity contribution in [1.82, 2.24) is 0 Å². The van der Waals surface area contributed by atoms with Crippen LogP contribution >= 0.6 is 0 Å². The van der Waals surface area contributed by atoms with Crippen LogP contribution in [0.4, 0.5) is 0 Å². The molecule has 0 amide bonds. The molecule has 0 aromatic rings. The molecule has 0 heterocycles. The summed E-state index contributed by atoms with van der Waals surface area (Å²) in [5.41, 5.74) is 0. The molecule has 1 N–H and O–H groups in total. The molecule has 0 saturated heterocycles. The van der Waals surface area contributed by atoms with Gasteiger partial charge in [0.05, 0.1) is 0 Å². The maximum atomic E-state index is 10.4. The first-order chi connectivity index (χ1) is 10.2. The average Bonchev–Trinajstić information content (AvgIpc) is 2.45. The number of hydrogen-bond acceptors (Lipinski definition) is 1. The predicted octanol–water partition coefficient (Wildman–Crippen LogP) is 6.35. The second kappa shape index (κ2) is 15.6. The minimum Gasteiger partial charge on any atom is -0.481 e. The zero-order chi connectivity index (χ0) is 15.8. The molecule has 0 radical (unpaired) electrons. The Kier molecular flexibility index (Phi) is 15.0. The van der Waals surface area contributed by atoms with Crippen molar-refractivity contribution in [1.29, 1.82) is 0 Å². The van der Waals surface area contributed by atoms with E-state index in [9.17, 15) is 4.79 Å². The Labute approximate surface area is 132 Å². The quantitative estimate of drug-likeness (QED) is 0.282. The van der Waals surface area contributed by atoms with Crippen LogP contribution in [0, 0.1) is 5.92 Å². The summed E-state index contributed by atoms with van der Waals surface area (Å²) in [7, 11) is 0. The number of carboxylic acids is 1. The first-order valence-electron chi connectivity index (χ1n) is 9.03. The van der Waals surface area contributed by atoms with Gasteiger partial charge in [-0.15, -0.1) is 0 Å². The Morgan fingerprint density at radius 1 is 0.952 bits per heavy atom. The summed E-state index contributed by atoms with van der Waals surface area (Å²) in [5.74, 6) is 0.133. The summed E-state index contributed by atoms with van der Waals surface area (Å²) in [6.45, 7) is 4.61. The molecule has 2 heteroatoms. The van der Waals surface area contributed by atoms with Crippen LogP contribution in [-0.4, -0.2) is 11.1 Å². The lowest BCUT2D eigenvalue weighted by Crippen LogP contribution is -1.93. The molecular formula is C19H36O2. The third-order valence-corrected chi connectivity index (χ3v) is 4.02. The zero-order valence-corrected chi connectivity index (χ0v) is 14.3. The van der Waals surface area contributed by atoms with E-state index < -0.39 is 5.97 Å². The lowest BCUT2D eigenvalue weighted by molar-refractivity contribution is -0.137. The van der Waals surface area contributed by atoms with E-state index in [0.29, 0.717) is 6.42 Å². The molecule has 0 aliphatic carbocycles. The molecule has 0 spiro atoms. The molecule has 124 valence electrons. The molecule has 0 aliphatic rings. The third-order valence-electron chi connectivity index (χ3n) is 4.02. The van der Waals surface area contributed by atoms with Gasteiger partial charge in [-0.1, -0.05) is 77.4 Å². The fraction of sp³-hybridized carbons (Fsp3) is 0.842. The molecular weight excluding hydrogens is 260 g/mol. The zero-order valence-electron chi connectivity index (χ0n) is 14.3. The molecule has 1 atom stereocenters. The van der Waals surface area contributed by atoms with Crippen molar-refractivity contribution in [3.63, 3.8) is 0 Å². The first-order valence-corrected chi connectivity index (χ1v) is 9.03. The number of carboxylic acid groups (broad SMARTS) is 1. The van der Waals surface area contributed by atoms with Gasteiger partial charge in [-0.2, -0.15) is 0 Å². The lowest BCUT2D eigenvalue weighted by atomic mass is 9.98. The Bertz CT molecular complexity index is 258. The van der Waals surface area contributed by atoms with Crippen LogP contribution in [0.15, 0.2) is 12.2 Å². The van der Waals surface area contributed by atoms with E-state index in [1.165, 1.54) is 51.4 Å². The van der Waals surface area contributed by atoms with Crippen molar-refractivity contribution in [2.75, 3.05) is 0 Å². The van der Waals surface area contributed by atoms with E-state index in [0.717, 1.165) is 31.6 Å². The van der Waals surface area contributed by atoms with Gasteiger partial charge in [0, 0.05) is 6.42 Å². The number of allylic oxidation sites excluding steroid dienone is 2. The smallest absolute Gasteiger partial charge is 0.303 e. The number of hydrogen-bond donors (Lipinski definition) is 1. The monoisotopic (exact) mass is 296 g/mol. The molecule has 21 heavy (non-hydrogen) atoms. The summed E-state index contributed by atoms with van der Waals surface area (Å²) < 4.78 is 0. The van der Waals surface area contributed by atoms with Crippen molar-refractivity contribution in [2.24, 2.45) is 5.92 Å². The second-order valence-electron chi connectivity index (χ2n) is 6.36. The number of rotatable bonds is 15. The molecule has 0 bridgehead atoms. The van der Waals surface area contributed by atoms with Gasteiger partial charge >= 0.3 is 5.97 Å². The molecule has 1 unspecified atom stereocenters. The van der Waals surface area contributed by atoms with E-state index in [1.54, 1.807) is 0 Å². The van der Waals surface area contributed by atoms with Gasteiger partial charge in [0.2, 0.25) is 0 Å². The summed E-state index contributed by atoms with van der Waals surface area (Å²) in [5, 5.41) is 8.53. The lowest BCUT2D eigenvalue weighted by Gasteiger charge is -2.08. The van der Waals surface area contributed by atoms with Crippen molar-refractivity contribution in [3.8, 4) is 0 Å². The van der Waals surface area contributed by atoms with E-state index in [2.05, 4.69) is 26.0 Å². The molecule has 0 aromatic carbocycles. The Morgan fingerprint density at radius 2 is 1.62 bits per heavy atom. The Morgan fingerprint density at radius 3 is 2.33 bits per heavy atom. The predicted molar refractivity (Wildman–Crippen MR) is 91.6 cm³/mol. The normalized spacial score (nSPS) is 12.9. The summed E-state index contributed by atoms with van der Waals surface area (Å²) in [6.07, 6.45) is 19.9. The van der Waals surface area contributed by atoms with Crippen molar-refractivity contribution in [3.05, 3.63) is 12.2 Å². The van der Waals surface area contributed by atoms with Crippen LogP contribution in [0.1, 0.15) is 97.3 Å². The van der Waals surface area contributed by atoms with Crippen LogP contribution < -0.4 is 0 Å². The minimum atomic E-state index is -0.672. The highest BCUT2D eigenvalue weighted by atomic mass is 16.4. The van der Waals surface area contributed by atoms with Gasteiger partial charge in [0.1, 0.15) is 0 Å². The molecule has 2 nitrogen and oxygen atoms in total. The van der Waals surface area contributed by atoms with Crippen LogP contribution in [-0.2, 0) is 4.79 Å². The molecule has 0 rings (SSSR count). The van der Waals surface area contributed by atoms with Crippen molar-refractivity contribution in [2.45, 2.75) is 97.3 Å². The summed E-state index contributed by atoms with van der Waals surface area (Å²) in [6, 6.07) is 0. The SMILES string of the molecule is CCCCCCCCC(C)C/C=C/CCCCCC(=O)O. The Balaban J connectivity index is 3.29. The first kappa shape index (κ1) is 20.2. The van der Waals surface area contributed by atoms with Crippen LogP contribution in [0.5, 0.6) is 0 Å². The van der Waals surface area contributed by atoms with Crippen LogP contribution in [0.25, 0.3) is 0 Å². The number of unbranched alkanes of at least 4 members (excludes halogenated alkanes) is 8. The van der Waals surface area contributed by atoms with Crippen LogP contribution in [0.3, 0.4) is 0 Å². The largest absolute Gasteiger partial charge is 0.481 e. The molecule has 0 fully saturated rings. The number of aliphatic carboxylic acids is 1. The van der Waals surface area contributed by atoms with Crippen molar-refractivity contribution >= 4 is 5.97 Å². The maximum absolute atomic E-state index is 10.4. The third kappa shape index (κ3) is 17.2. The minimum absolute atomic E-state index is 0.318. The van der Waals surface area contributed by atoms with E-state index in [-0.39, 0.29) is 0 Å². The molecule has 0 aromatic heterocycles. The summed E-state index contributed by atoms with van der Waals surface area (Å²) >= 11 is 0. The fourth-order valence-electron chi connectivity index (χ4n) is 2.55. The average molecular weight is 296 g/mol. The molecule has 0 aliphatic heterocycles. The van der Waals surface area contributed by atoms with E-state index in [4.69, 9.17) is 5.11 Å².